The van der Waals surface area contributed by atoms with E-state index in [-0.39, 0.29) is 0 Å². The predicted molar refractivity (Wildman–Crippen MR) is 61.7 cm³/mol. The first-order valence-corrected chi connectivity index (χ1v) is 5.76. The number of rotatable bonds is 8. The van der Waals surface area contributed by atoms with Crippen molar-refractivity contribution in [2.45, 2.75) is 65.2 Å². The number of unbranched alkanes of at least 4 members (excludes halogenated alkanes) is 7. The van der Waals surface area contributed by atoms with Crippen molar-refractivity contribution in [3.05, 3.63) is 18.6 Å². The highest BCUT2D eigenvalue weighted by molar-refractivity contribution is 5.00. The van der Waals surface area contributed by atoms with Gasteiger partial charge in [0.1, 0.15) is 0 Å². The van der Waals surface area contributed by atoms with E-state index in [0.29, 0.717) is 0 Å². The zero-order valence-corrected chi connectivity index (χ0v) is 9.44. The summed E-state index contributed by atoms with van der Waals surface area (Å²) >= 11 is 0. The largest absolute Gasteiger partial charge is 0.0856 e. The van der Waals surface area contributed by atoms with E-state index in [1.165, 1.54) is 56.9 Å². The van der Waals surface area contributed by atoms with Gasteiger partial charge in [0.05, 0.1) is 0 Å². The molecule has 0 aromatic heterocycles. The molecule has 0 heterocycles. The SMILES string of the molecule is [CH2]C(C)=CCCCCCCCCC. The minimum atomic E-state index is 1.21. The van der Waals surface area contributed by atoms with Gasteiger partial charge in [-0.3, -0.25) is 0 Å². The smallest absolute Gasteiger partial charge is 0.0286 e. The summed E-state index contributed by atoms with van der Waals surface area (Å²) in [6.45, 7) is 8.19. The van der Waals surface area contributed by atoms with Crippen molar-refractivity contribution in [2.24, 2.45) is 0 Å². The summed E-state index contributed by atoms with van der Waals surface area (Å²) in [6, 6.07) is 0. The third-order valence-electron chi connectivity index (χ3n) is 2.30. The highest BCUT2D eigenvalue weighted by Gasteiger charge is 1.89. The third kappa shape index (κ3) is 11.7. The minimum absolute atomic E-state index is 1.21. The fourth-order valence-corrected chi connectivity index (χ4v) is 1.45. The van der Waals surface area contributed by atoms with Crippen molar-refractivity contribution in [2.75, 3.05) is 0 Å². The predicted octanol–water partition coefficient (Wildman–Crippen LogP) is 4.91. The minimum Gasteiger partial charge on any atom is -0.0856 e. The van der Waals surface area contributed by atoms with Crippen LogP contribution in [-0.4, -0.2) is 0 Å². The Balaban J connectivity index is 2.96. The van der Waals surface area contributed by atoms with Gasteiger partial charge >= 0.3 is 0 Å². The molecule has 77 valence electrons. The third-order valence-corrected chi connectivity index (χ3v) is 2.30. The molecule has 0 heteroatoms. The van der Waals surface area contributed by atoms with Crippen LogP contribution in [0.25, 0.3) is 0 Å². The molecule has 0 nitrogen and oxygen atoms in total. The van der Waals surface area contributed by atoms with Gasteiger partial charge in [0.2, 0.25) is 0 Å². The molecule has 0 aromatic rings. The summed E-state index contributed by atoms with van der Waals surface area (Å²) in [6.07, 6.45) is 13.3. The molecule has 0 fully saturated rings. The van der Waals surface area contributed by atoms with Gasteiger partial charge in [0.15, 0.2) is 0 Å². The first kappa shape index (κ1) is 12.7. The lowest BCUT2D eigenvalue weighted by atomic mass is 10.1. The van der Waals surface area contributed by atoms with E-state index in [1.54, 1.807) is 0 Å². The van der Waals surface area contributed by atoms with Gasteiger partial charge in [0.25, 0.3) is 0 Å². The normalized spacial score (nSPS) is 12.1. The first-order chi connectivity index (χ1) is 6.27. The van der Waals surface area contributed by atoms with Gasteiger partial charge in [-0.05, 0) is 26.7 Å². The Labute approximate surface area is 84.4 Å². The Kier molecular flexibility index (Phi) is 9.63. The lowest BCUT2D eigenvalue weighted by Crippen LogP contribution is -1.79. The van der Waals surface area contributed by atoms with Crippen LogP contribution in [0.15, 0.2) is 11.6 Å². The molecule has 0 saturated heterocycles. The molecule has 0 spiro atoms. The van der Waals surface area contributed by atoms with E-state index in [1.807, 2.05) is 0 Å². The molecule has 0 aromatic carbocycles. The number of allylic oxidation sites excluding steroid dienone is 2. The molecule has 0 rings (SSSR count). The molecule has 0 bridgehead atoms. The Morgan fingerprint density at radius 1 is 1.00 bits per heavy atom. The molecule has 0 aliphatic carbocycles. The van der Waals surface area contributed by atoms with Gasteiger partial charge < -0.3 is 0 Å². The maximum absolute atomic E-state index is 3.86. The molecule has 0 unspecified atom stereocenters. The van der Waals surface area contributed by atoms with Gasteiger partial charge in [-0.25, -0.2) is 0 Å². The van der Waals surface area contributed by atoms with Gasteiger partial charge in [0, 0.05) is 0 Å². The highest BCUT2D eigenvalue weighted by Crippen LogP contribution is 2.09. The molecular weight excluding hydrogens is 156 g/mol. The average molecular weight is 181 g/mol. The van der Waals surface area contributed by atoms with E-state index in [0.717, 1.165) is 0 Å². The van der Waals surface area contributed by atoms with E-state index in [4.69, 9.17) is 0 Å². The van der Waals surface area contributed by atoms with Crippen LogP contribution in [0, 0.1) is 6.92 Å². The fraction of sp³-hybridized carbons (Fsp3) is 0.769. The molecule has 0 N–H and O–H groups in total. The van der Waals surface area contributed by atoms with Gasteiger partial charge in [-0.2, -0.15) is 0 Å². The van der Waals surface area contributed by atoms with Crippen molar-refractivity contribution in [3.8, 4) is 0 Å². The quantitative estimate of drug-likeness (QED) is 0.467. The van der Waals surface area contributed by atoms with Crippen LogP contribution in [-0.2, 0) is 0 Å². The zero-order valence-electron chi connectivity index (χ0n) is 9.44. The van der Waals surface area contributed by atoms with Crippen LogP contribution in [0.1, 0.15) is 65.2 Å². The molecule has 1 radical (unpaired) electrons. The Hall–Kier alpha value is -0.260. The molecule has 0 atom stereocenters. The van der Waals surface area contributed by atoms with E-state index in [2.05, 4.69) is 26.8 Å². The second kappa shape index (κ2) is 9.83. The lowest BCUT2D eigenvalue weighted by Gasteiger charge is -1.99. The summed E-state index contributed by atoms with van der Waals surface area (Å²) < 4.78 is 0. The van der Waals surface area contributed by atoms with Crippen molar-refractivity contribution in [1.82, 2.24) is 0 Å². The van der Waals surface area contributed by atoms with Crippen molar-refractivity contribution in [3.63, 3.8) is 0 Å². The van der Waals surface area contributed by atoms with Crippen LogP contribution in [0.2, 0.25) is 0 Å². The van der Waals surface area contributed by atoms with E-state index in [9.17, 15) is 0 Å². The zero-order chi connectivity index (χ0) is 9.94. The number of hydrogen-bond acceptors (Lipinski definition) is 0. The summed E-state index contributed by atoms with van der Waals surface area (Å²) in [5, 5.41) is 0. The monoisotopic (exact) mass is 181 g/mol. The topological polar surface area (TPSA) is 0 Å². The molecule has 0 saturated carbocycles. The molecule has 0 aliphatic rings. The number of hydrogen-bond donors (Lipinski definition) is 0. The van der Waals surface area contributed by atoms with Crippen LogP contribution in [0.3, 0.4) is 0 Å². The Morgan fingerprint density at radius 3 is 2.08 bits per heavy atom. The molecule has 0 aliphatic heterocycles. The maximum Gasteiger partial charge on any atom is -0.0286 e. The summed E-state index contributed by atoms with van der Waals surface area (Å²) in [4.78, 5) is 0. The van der Waals surface area contributed by atoms with Gasteiger partial charge in [-0.15, -0.1) is 0 Å². The van der Waals surface area contributed by atoms with Crippen LogP contribution in [0.4, 0.5) is 0 Å². The summed E-state index contributed by atoms with van der Waals surface area (Å²) in [5.74, 6) is 0. The molecular formula is C13H25. The summed E-state index contributed by atoms with van der Waals surface area (Å²) in [7, 11) is 0. The van der Waals surface area contributed by atoms with Crippen molar-refractivity contribution in [1.29, 1.82) is 0 Å². The van der Waals surface area contributed by atoms with Crippen LogP contribution < -0.4 is 0 Å². The van der Waals surface area contributed by atoms with Gasteiger partial charge in [-0.1, -0.05) is 57.1 Å². The first-order valence-electron chi connectivity index (χ1n) is 5.76. The van der Waals surface area contributed by atoms with Crippen molar-refractivity contribution < 1.29 is 0 Å². The maximum atomic E-state index is 3.86. The Bertz CT molecular complexity index is 118. The average Bonchev–Trinajstić information content (AvgIpc) is 2.09. The van der Waals surface area contributed by atoms with E-state index < -0.39 is 0 Å². The standard InChI is InChI=1S/C13H25/c1-4-5-6-7-8-9-10-11-12-13(2)3/h12H,2,4-11H2,1,3H3. The lowest BCUT2D eigenvalue weighted by molar-refractivity contribution is 0.592. The van der Waals surface area contributed by atoms with Crippen LogP contribution in [0.5, 0.6) is 0 Å². The summed E-state index contributed by atoms with van der Waals surface area (Å²) in [5.41, 5.74) is 1.21. The van der Waals surface area contributed by atoms with Crippen LogP contribution >= 0.6 is 0 Å². The highest BCUT2D eigenvalue weighted by atomic mass is 14.0. The second-order valence-corrected chi connectivity index (χ2v) is 3.96. The molecule has 0 amide bonds. The fourth-order valence-electron chi connectivity index (χ4n) is 1.45. The van der Waals surface area contributed by atoms with Crippen molar-refractivity contribution >= 4 is 0 Å². The Morgan fingerprint density at radius 2 is 1.54 bits per heavy atom. The van der Waals surface area contributed by atoms with E-state index >= 15 is 0 Å². The second-order valence-electron chi connectivity index (χ2n) is 3.96. The molecule has 13 heavy (non-hydrogen) atoms.